The lowest BCUT2D eigenvalue weighted by Gasteiger charge is -2.40. The summed E-state index contributed by atoms with van der Waals surface area (Å²) in [6.45, 7) is 8.30. The summed E-state index contributed by atoms with van der Waals surface area (Å²) in [5.74, 6) is -0.473. The highest BCUT2D eigenvalue weighted by molar-refractivity contribution is 5.75. The summed E-state index contributed by atoms with van der Waals surface area (Å²) in [4.78, 5) is 18.8. The molecule has 5 rings (SSSR count). The smallest absolute Gasteiger partial charge is 0.168 e. The fraction of sp³-hybridized carbons (Fsp3) is 0.500. The van der Waals surface area contributed by atoms with E-state index in [0.717, 1.165) is 37.4 Å². The number of halogens is 2. The Morgan fingerprint density at radius 3 is 2.52 bits per heavy atom. The highest BCUT2D eigenvalue weighted by Crippen LogP contribution is 2.43. The first-order valence-electron chi connectivity index (χ1n) is 16.2. The average molecular weight is 636 g/mol. The van der Waals surface area contributed by atoms with Gasteiger partial charge in [-0.1, -0.05) is 33.3 Å². The summed E-state index contributed by atoms with van der Waals surface area (Å²) >= 11 is 0. The molecule has 2 aliphatic carbocycles. The van der Waals surface area contributed by atoms with E-state index in [-0.39, 0.29) is 29.1 Å². The number of hydrogen-bond acceptors (Lipinski definition) is 8. The first-order valence-corrected chi connectivity index (χ1v) is 16.2. The second kappa shape index (κ2) is 17.2. The van der Waals surface area contributed by atoms with E-state index in [4.69, 9.17) is 15.7 Å². The lowest BCUT2D eigenvalue weighted by molar-refractivity contribution is -0.0390. The molecule has 4 atom stereocenters. The number of nitrogens with two attached hydrogens (primary N) is 1. The molecule has 2 aliphatic rings. The molecule has 2 heterocycles. The molecule has 4 N–H and O–H groups in total. The van der Waals surface area contributed by atoms with Crippen molar-refractivity contribution >= 4 is 12.0 Å². The predicted octanol–water partition coefficient (Wildman–Crippen LogP) is 7.20. The first-order chi connectivity index (χ1) is 22.1. The number of pyridine rings is 2. The summed E-state index contributed by atoms with van der Waals surface area (Å²) in [5, 5.41) is 22.2. The van der Waals surface area contributed by atoms with E-state index in [2.05, 4.69) is 34.3 Å². The molecule has 10 heteroatoms. The molecule has 0 aliphatic heterocycles. The molecule has 0 bridgehead atoms. The maximum atomic E-state index is 14.5. The average Bonchev–Trinajstić information content (AvgIpc) is 3.05. The minimum atomic E-state index is -0.985. The van der Waals surface area contributed by atoms with Crippen LogP contribution in [0, 0.1) is 35.8 Å². The molecule has 2 aromatic heterocycles. The summed E-state index contributed by atoms with van der Waals surface area (Å²) in [7, 11) is 1.92. The molecular formula is C36H47F2N5O3. The maximum absolute atomic E-state index is 14.5. The van der Waals surface area contributed by atoms with Crippen LogP contribution >= 0.6 is 0 Å². The third-order valence-electron chi connectivity index (χ3n) is 8.87. The van der Waals surface area contributed by atoms with Gasteiger partial charge in [0.15, 0.2) is 6.29 Å². The van der Waals surface area contributed by atoms with Gasteiger partial charge < -0.3 is 20.9 Å². The van der Waals surface area contributed by atoms with Crippen molar-refractivity contribution in [3.63, 3.8) is 0 Å². The van der Waals surface area contributed by atoms with Crippen LogP contribution in [-0.4, -0.2) is 47.2 Å². The van der Waals surface area contributed by atoms with E-state index in [9.17, 15) is 18.7 Å². The van der Waals surface area contributed by atoms with Crippen LogP contribution < -0.4 is 11.1 Å². The molecule has 0 spiro atoms. The van der Waals surface area contributed by atoms with Gasteiger partial charge in [0.1, 0.15) is 23.0 Å². The van der Waals surface area contributed by atoms with Gasteiger partial charge in [-0.25, -0.2) is 13.8 Å². The Hall–Kier alpha value is -3.78. The Morgan fingerprint density at radius 1 is 1.20 bits per heavy atom. The molecular weight excluding hydrogens is 588 g/mol. The standard InChI is InChI=1S/C17H15F2NO2.C17H26N4O.C2H6/c1-10-7-11(17(22)5-2-6-17)8-14(19)15(10)16-13(18)4-3-12(9-21)20-16;1-3-12-9-13(14-5-7-21-11-16(14)20-2)10-15(19)17(12)22-8-4-6-18;1-2/h3-4,7-9,22H,2,5-6H2,1H3;5,7,11-13,15,17,20H,3-4,8-10,19H2,1-2H3;1-2H3. The van der Waals surface area contributed by atoms with E-state index in [1.807, 2.05) is 33.3 Å². The molecule has 8 nitrogen and oxygen atoms in total. The van der Waals surface area contributed by atoms with E-state index in [1.54, 1.807) is 13.0 Å². The van der Waals surface area contributed by atoms with Crippen LogP contribution in [0.25, 0.3) is 11.3 Å². The number of aldehydes is 1. The van der Waals surface area contributed by atoms with Gasteiger partial charge in [-0.3, -0.25) is 9.78 Å². The number of hydrogen-bond donors (Lipinski definition) is 3. The minimum absolute atomic E-state index is 0.0141. The van der Waals surface area contributed by atoms with Crippen LogP contribution in [0.15, 0.2) is 42.7 Å². The van der Waals surface area contributed by atoms with Gasteiger partial charge in [0.2, 0.25) is 0 Å². The molecule has 0 saturated heterocycles. The minimum Gasteiger partial charge on any atom is -0.387 e. The normalized spacial score (nSPS) is 21.3. The van der Waals surface area contributed by atoms with Gasteiger partial charge >= 0.3 is 0 Å². The summed E-state index contributed by atoms with van der Waals surface area (Å²) in [6.07, 6.45) is 9.81. The Morgan fingerprint density at radius 2 is 1.93 bits per heavy atom. The number of anilines is 1. The summed E-state index contributed by atoms with van der Waals surface area (Å²) in [5.41, 5.74) is 8.64. The zero-order valence-corrected chi connectivity index (χ0v) is 27.5. The van der Waals surface area contributed by atoms with E-state index in [0.29, 0.717) is 55.1 Å². The zero-order chi connectivity index (χ0) is 33.9. The number of benzene rings is 1. The number of aromatic nitrogens is 2. The fourth-order valence-electron chi connectivity index (χ4n) is 6.34. The largest absolute Gasteiger partial charge is 0.387 e. The van der Waals surface area contributed by atoms with Crippen molar-refractivity contribution in [1.82, 2.24) is 9.97 Å². The van der Waals surface area contributed by atoms with Crippen LogP contribution in [0.4, 0.5) is 14.5 Å². The number of aliphatic hydroxyl groups is 1. The molecule has 0 radical (unpaired) electrons. The monoisotopic (exact) mass is 635 g/mol. The van der Waals surface area contributed by atoms with Crippen molar-refractivity contribution in [2.45, 2.75) is 96.3 Å². The quantitative estimate of drug-likeness (QED) is 0.166. The molecule has 4 unspecified atom stereocenters. The van der Waals surface area contributed by atoms with Crippen LogP contribution in [0.1, 0.15) is 98.8 Å². The molecule has 3 aromatic rings. The third kappa shape index (κ3) is 8.52. The third-order valence-corrected chi connectivity index (χ3v) is 8.87. The maximum Gasteiger partial charge on any atom is 0.168 e. The highest BCUT2D eigenvalue weighted by atomic mass is 19.1. The van der Waals surface area contributed by atoms with Crippen molar-refractivity contribution in [2.75, 3.05) is 19.0 Å². The van der Waals surface area contributed by atoms with Crippen molar-refractivity contribution in [1.29, 1.82) is 5.26 Å². The van der Waals surface area contributed by atoms with Gasteiger partial charge in [-0.05, 0) is 91.8 Å². The lowest BCUT2D eigenvalue weighted by Crippen LogP contribution is -2.47. The van der Waals surface area contributed by atoms with E-state index >= 15 is 0 Å². The number of nitrogens with one attached hydrogen (secondary N) is 1. The van der Waals surface area contributed by atoms with Crippen molar-refractivity contribution in [3.05, 3.63) is 76.7 Å². The Kier molecular flexibility index (Phi) is 13.7. The summed E-state index contributed by atoms with van der Waals surface area (Å²) < 4.78 is 34.4. The fourth-order valence-corrected chi connectivity index (χ4v) is 6.34. The zero-order valence-electron chi connectivity index (χ0n) is 27.5. The van der Waals surface area contributed by atoms with Crippen molar-refractivity contribution in [3.8, 4) is 17.3 Å². The second-order valence-corrected chi connectivity index (χ2v) is 11.7. The predicted molar refractivity (Wildman–Crippen MR) is 176 cm³/mol. The molecule has 46 heavy (non-hydrogen) atoms. The van der Waals surface area contributed by atoms with E-state index in [1.165, 1.54) is 17.7 Å². The molecule has 0 amide bonds. The topological polar surface area (TPSA) is 134 Å². The number of carbonyl (C=O) groups excluding carboxylic acids is 1. The molecule has 1 aromatic carbocycles. The number of aryl methyl sites for hydroxylation is 1. The van der Waals surface area contributed by atoms with Crippen LogP contribution in [0.3, 0.4) is 0 Å². The second-order valence-electron chi connectivity index (χ2n) is 11.7. The lowest BCUT2D eigenvalue weighted by atomic mass is 9.73. The van der Waals surface area contributed by atoms with Gasteiger partial charge in [-0.2, -0.15) is 5.26 Å². The Balaban J connectivity index is 0.000000238. The van der Waals surface area contributed by atoms with Crippen LogP contribution in [-0.2, 0) is 10.3 Å². The number of nitrogens with zero attached hydrogens (tertiary/aromatic N) is 3. The van der Waals surface area contributed by atoms with Gasteiger partial charge in [0.25, 0.3) is 0 Å². The van der Waals surface area contributed by atoms with E-state index < -0.39 is 17.2 Å². The van der Waals surface area contributed by atoms with Gasteiger partial charge in [0, 0.05) is 24.8 Å². The molecule has 248 valence electrons. The van der Waals surface area contributed by atoms with Crippen LogP contribution in [0.2, 0.25) is 0 Å². The van der Waals surface area contributed by atoms with Crippen molar-refractivity contribution in [2.24, 2.45) is 11.7 Å². The SMILES string of the molecule is CC.CCC1CC(c2ccncc2NC)CC(N)C1OCCC#N.Cc1cc(C2(O)CCC2)cc(F)c1-c1nc(C=O)ccc1F. The van der Waals surface area contributed by atoms with Gasteiger partial charge in [-0.15, -0.1) is 0 Å². The van der Waals surface area contributed by atoms with Gasteiger partial charge in [0.05, 0.1) is 42.7 Å². The Labute approximate surface area is 271 Å². The van der Waals surface area contributed by atoms with Crippen molar-refractivity contribution < 1.29 is 23.4 Å². The number of rotatable bonds is 9. The highest BCUT2D eigenvalue weighted by Gasteiger charge is 2.38. The Bertz CT molecular complexity index is 1470. The molecule has 2 fully saturated rings. The van der Waals surface area contributed by atoms with Crippen LogP contribution in [0.5, 0.6) is 0 Å². The number of ether oxygens (including phenoxy) is 1. The number of carbonyl (C=O) groups is 1. The summed E-state index contributed by atoms with van der Waals surface area (Å²) in [6, 6.07) is 9.46. The number of nitriles is 1. The first kappa shape index (κ1) is 36.7. The molecule has 2 saturated carbocycles.